The third-order valence-corrected chi connectivity index (χ3v) is 0.946. The van der Waals surface area contributed by atoms with Crippen LogP contribution in [0.25, 0.3) is 0 Å². The largest absolute Gasteiger partial charge is 0.394 e. The van der Waals surface area contributed by atoms with Crippen LogP contribution < -0.4 is 0 Å². The molecule has 5 heteroatoms. The lowest BCUT2D eigenvalue weighted by Gasteiger charge is -2.03. The fraction of sp³-hybridized carbons (Fsp3) is 0.333. The van der Waals surface area contributed by atoms with Gasteiger partial charge in [-0.05, 0) is 0 Å². The van der Waals surface area contributed by atoms with Crippen LogP contribution in [0.3, 0.4) is 0 Å². The van der Waals surface area contributed by atoms with Crippen LogP contribution in [-0.2, 0) is 6.42 Å². The molecule has 0 aliphatic heterocycles. The minimum Gasteiger partial charge on any atom is -0.260 e. The molecule has 0 aromatic carbocycles. The summed E-state index contributed by atoms with van der Waals surface area (Å²) >= 11 is 0. The normalized spacial score (nSPS) is 11.5. The third-order valence-electron chi connectivity index (χ3n) is 0.946. The quantitative estimate of drug-likeness (QED) is 0.621. The Bertz CT molecular complexity index is 219. The monoisotopic (exact) mass is 161 g/mol. The number of aromatic nitrogens is 2. The maximum Gasteiger partial charge on any atom is 0.394 e. The molecular weight excluding hydrogens is 157 g/mol. The lowest BCUT2D eigenvalue weighted by Crippen LogP contribution is -2.12. The van der Waals surface area contributed by atoms with Gasteiger partial charge in [0.15, 0.2) is 0 Å². The van der Waals surface area contributed by atoms with E-state index in [4.69, 9.17) is 0 Å². The zero-order valence-corrected chi connectivity index (χ0v) is 5.39. The SMILES string of the molecule is FC(F)(F)Cc1cnc[c]n1. The van der Waals surface area contributed by atoms with E-state index in [1.54, 1.807) is 0 Å². The molecule has 0 saturated carbocycles. The van der Waals surface area contributed by atoms with Crippen molar-refractivity contribution in [2.75, 3.05) is 0 Å². The molecule has 0 N–H and O–H groups in total. The zero-order chi connectivity index (χ0) is 8.32. The molecular formula is C6H4F3N2. The molecule has 1 heterocycles. The number of alkyl halides is 3. The van der Waals surface area contributed by atoms with Crippen LogP contribution in [0.15, 0.2) is 12.4 Å². The molecule has 0 aliphatic carbocycles. The van der Waals surface area contributed by atoms with Crippen LogP contribution in [0.5, 0.6) is 0 Å². The lowest BCUT2D eigenvalue weighted by molar-refractivity contribution is -0.127. The molecule has 1 radical (unpaired) electrons. The zero-order valence-electron chi connectivity index (χ0n) is 5.39. The summed E-state index contributed by atoms with van der Waals surface area (Å²) in [6, 6.07) is 0. The summed E-state index contributed by atoms with van der Waals surface area (Å²) in [5.74, 6) is 0. The second-order valence-corrected chi connectivity index (χ2v) is 1.93. The van der Waals surface area contributed by atoms with E-state index in [2.05, 4.69) is 16.2 Å². The van der Waals surface area contributed by atoms with Gasteiger partial charge in [-0.3, -0.25) is 4.98 Å². The van der Waals surface area contributed by atoms with E-state index in [0.29, 0.717) is 0 Å². The molecule has 1 aromatic heterocycles. The molecule has 1 aromatic rings. The fourth-order valence-corrected chi connectivity index (χ4v) is 0.588. The number of halogens is 3. The summed E-state index contributed by atoms with van der Waals surface area (Å²) < 4.78 is 35.0. The second kappa shape index (κ2) is 2.86. The Morgan fingerprint density at radius 1 is 1.45 bits per heavy atom. The molecule has 11 heavy (non-hydrogen) atoms. The average molecular weight is 161 g/mol. The van der Waals surface area contributed by atoms with Gasteiger partial charge in [0, 0.05) is 6.20 Å². The Balaban J connectivity index is 2.66. The van der Waals surface area contributed by atoms with E-state index in [9.17, 15) is 13.2 Å². The predicted octanol–water partition coefficient (Wildman–Crippen LogP) is 1.38. The van der Waals surface area contributed by atoms with Crippen molar-refractivity contribution in [3.8, 4) is 0 Å². The molecule has 0 atom stereocenters. The van der Waals surface area contributed by atoms with Gasteiger partial charge in [-0.2, -0.15) is 13.2 Å². The van der Waals surface area contributed by atoms with Crippen LogP contribution >= 0.6 is 0 Å². The van der Waals surface area contributed by atoms with Crippen LogP contribution in [-0.4, -0.2) is 16.1 Å². The highest BCUT2D eigenvalue weighted by Gasteiger charge is 2.28. The molecule has 2 nitrogen and oxygen atoms in total. The minimum absolute atomic E-state index is 0.111. The van der Waals surface area contributed by atoms with E-state index in [1.807, 2.05) is 0 Å². The van der Waals surface area contributed by atoms with E-state index < -0.39 is 12.6 Å². The maximum atomic E-state index is 11.7. The number of hydrogen-bond acceptors (Lipinski definition) is 2. The Kier molecular flexibility index (Phi) is 2.07. The smallest absolute Gasteiger partial charge is 0.260 e. The first-order chi connectivity index (χ1) is 5.08. The van der Waals surface area contributed by atoms with Gasteiger partial charge >= 0.3 is 6.18 Å². The van der Waals surface area contributed by atoms with Gasteiger partial charge in [0.05, 0.1) is 18.3 Å². The van der Waals surface area contributed by atoms with Crippen molar-refractivity contribution >= 4 is 0 Å². The molecule has 0 unspecified atom stereocenters. The summed E-state index contributed by atoms with van der Waals surface area (Å²) in [5.41, 5.74) is -0.111. The molecule has 0 spiro atoms. The summed E-state index contributed by atoms with van der Waals surface area (Å²) in [6.45, 7) is 0. The van der Waals surface area contributed by atoms with E-state index >= 15 is 0 Å². The van der Waals surface area contributed by atoms with Crippen molar-refractivity contribution < 1.29 is 13.2 Å². The Labute approximate surface area is 61.1 Å². The summed E-state index contributed by atoms with van der Waals surface area (Å²) in [5, 5.41) is 0. The highest BCUT2D eigenvalue weighted by atomic mass is 19.4. The molecule has 0 fully saturated rings. The molecule has 0 amide bonds. The minimum atomic E-state index is -4.22. The Morgan fingerprint density at radius 3 is 2.64 bits per heavy atom. The van der Waals surface area contributed by atoms with Gasteiger partial charge in [-0.15, -0.1) is 0 Å². The van der Waals surface area contributed by atoms with E-state index in [0.717, 1.165) is 6.20 Å². The molecule has 59 valence electrons. The van der Waals surface area contributed by atoms with Crippen LogP contribution in [0.2, 0.25) is 0 Å². The van der Waals surface area contributed by atoms with Crippen LogP contribution in [0.1, 0.15) is 5.69 Å². The van der Waals surface area contributed by atoms with E-state index in [-0.39, 0.29) is 5.69 Å². The van der Waals surface area contributed by atoms with Crippen molar-refractivity contribution in [1.29, 1.82) is 0 Å². The second-order valence-electron chi connectivity index (χ2n) is 1.93. The predicted molar refractivity (Wildman–Crippen MR) is 30.6 cm³/mol. The molecule has 0 aliphatic rings. The molecule has 0 bridgehead atoms. The topological polar surface area (TPSA) is 25.8 Å². The van der Waals surface area contributed by atoms with Gasteiger partial charge in [-0.1, -0.05) is 0 Å². The first-order valence-electron chi connectivity index (χ1n) is 2.82. The highest BCUT2D eigenvalue weighted by molar-refractivity contribution is 4.95. The first kappa shape index (κ1) is 7.97. The maximum absolute atomic E-state index is 11.7. The highest BCUT2D eigenvalue weighted by Crippen LogP contribution is 2.18. The Hall–Kier alpha value is -1.13. The van der Waals surface area contributed by atoms with Crippen LogP contribution in [0.4, 0.5) is 13.2 Å². The van der Waals surface area contributed by atoms with Gasteiger partial charge in [-0.25, -0.2) is 4.98 Å². The standard InChI is InChI=1S/C6H4F3N2/c7-6(8,9)3-5-4-10-1-2-11-5/h1,4H,3H2. The molecule has 0 saturated heterocycles. The van der Waals surface area contributed by atoms with Crippen LogP contribution in [0, 0.1) is 6.20 Å². The number of hydrogen-bond donors (Lipinski definition) is 0. The summed E-state index contributed by atoms with van der Waals surface area (Å²) in [4.78, 5) is 6.81. The lowest BCUT2D eigenvalue weighted by atomic mass is 10.3. The van der Waals surface area contributed by atoms with Crippen molar-refractivity contribution in [3.05, 3.63) is 24.3 Å². The van der Waals surface area contributed by atoms with Crippen molar-refractivity contribution in [1.82, 2.24) is 9.97 Å². The van der Waals surface area contributed by atoms with Gasteiger partial charge in [0.25, 0.3) is 0 Å². The summed E-state index contributed by atoms with van der Waals surface area (Å²) in [6.07, 6.45) is -0.759. The van der Waals surface area contributed by atoms with Gasteiger partial charge in [0.2, 0.25) is 0 Å². The summed E-state index contributed by atoms with van der Waals surface area (Å²) in [7, 11) is 0. The van der Waals surface area contributed by atoms with Crippen molar-refractivity contribution in [2.24, 2.45) is 0 Å². The van der Waals surface area contributed by atoms with Crippen molar-refractivity contribution in [2.45, 2.75) is 12.6 Å². The first-order valence-corrected chi connectivity index (χ1v) is 2.82. The number of nitrogens with zero attached hydrogens (tertiary/aromatic N) is 2. The third kappa shape index (κ3) is 2.97. The van der Waals surface area contributed by atoms with E-state index in [1.165, 1.54) is 6.20 Å². The fourth-order valence-electron chi connectivity index (χ4n) is 0.588. The molecule has 1 rings (SSSR count). The Morgan fingerprint density at radius 2 is 2.18 bits per heavy atom. The average Bonchev–Trinajstić information content (AvgIpc) is 1.85. The number of rotatable bonds is 1. The van der Waals surface area contributed by atoms with Crippen molar-refractivity contribution in [3.63, 3.8) is 0 Å². The van der Waals surface area contributed by atoms with Gasteiger partial charge in [0.1, 0.15) is 6.20 Å². The van der Waals surface area contributed by atoms with Gasteiger partial charge < -0.3 is 0 Å².